The van der Waals surface area contributed by atoms with Crippen molar-refractivity contribution in [1.82, 2.24) is 0 Å². The largest absolute Gasteiger partial charge is 0.393 e. The summed E-state index contributed by atoms with van der Waals surface area (Å²) in [6.07, 6.45) is 12.2. The van der Waals surface area contributed by atoms with Gasteiger partial charge in [0.05, 0.1) is 6.10 Å². The summed E-state index contributed by atoms with van der Waals surface area (Å²) in [5.41, 5.74) is -1.04. The Balaban J connectivity index is 1.53. The van der Waals surface area contributed by atoms with E-state index in [2.05, 4.69) is 34.6 Å². The molecular formula is C31H46O6. The van der Waals surface area contributed by atoms with E-state index in [-0.39, 0.29) is 53.2 Å². The summed E-state index contributed by atoms with van der Waals surface area (Å²) >= 11 is 0. The molecule has 4 fully saturated rings. The van der Waals surface area contributed by atoms with Crippen molar-refractivity contribution in [3.63, 3.8) is 0 Å². The summed E-state index contributed by atoms with van der Waals surface area (Å²) < 4.78 is 12.6. The highest BCUT2D eigenvalue weighted by Gasteiger charge is 2.74. The van der Waals surface area contributed by atoms with Gasteiger partial charge < -0.3 is 19.7 Å². The molecule has 1 aliphatic heterocycles. The third kappa shape index (κ3) is 3.80. The molecule has 10 atom stereocenters. The van der Waals surface area contributed by atoms with E-state index in [1.165, 1.54) is 0 Å². The minimum absolute atomic E-state index is 0.0107. The van der Waals surface area contributed by atoms with Crippen LogP contribution in [0.2, 0.25) is 0 Å². The summed E-state index contributed by atoms with van der Waals surface area (Å²) in [7, 11) is 0. The van der Waals surface area contributed by atoms with E-state index in [1.54, 1.807) is 12.2 Å². The molecule has 5 aliphatic rings. The van der Waals surface area contributed by atoms with Crippen LogP contribution in [0.1, 0.15) is 92.4 Å². The molecule has 1 saturated heterocycles. The summed E-state index contributed by atoms with van der Waals surface area (Å²) in [6.45, 7) is 10.4. The Morgan fingerprint density at radius 1 is 1.16 bits per heavy atom. The van der Waals surface area contributed by atoms with Crippen LogP contribution in [-0.4, -0.2) is 46.1 Å². The Morgan fingerprint density at radius 3 is 2.62 bits per heavy atom. The SMILES string of the molecule is CCCCC(CCC)C1(O)OCC(=O)[C@@]2(O1)[C@H](C)C[C@H]1[C@@H]3CCC4=CC(=O)C=C[C@]4(C)[C@H]3[C@@H](O)C[C@@]12C. The predicted molar refractivity (Wildman–Crippen MR) is 140 cm³/mol. The lowest BCUT2D eigenvalue weighted by molar-refractivity contribution is -0.441. The zero-order chi connectivity index (χ0) is 26.8. The first-order valence-electron chi connectivity index (χ1n) is 14.7. The van der Waals surface area contributed by atoms with Crippen molar-refractivity contribution in [2.45, 2.75) is 110 Å². The molecule has 0 aromatic rings. The Morgan fingerprint density at radius 2 is 1.92 bits per heavy atom. The summed E-state index contributed by atoms with van der Waals surface area (Å²) in [5.74, 6) is -1.81. The number of aliphatic hydroxyl groups is 2. The van der Waals surface area contributed by atoms with Crippen molar-refractivity contribution in [1.29, 1.82) is 0 Å². The number of unbranched alkanes of at least 4 members (excludes halogenated alkanes) is 1. The molecule has 0 bridgehead atoms. The molecule has 1 heterocycles. The Hall–Kier alpha value is -1.34. The number of ether oxygens (including phenoxy) is 2. The van der Waals surface area contributed by atoms with Crippen molar-refractivity contribution in [2.24, 2.45) is 40.4 Å². The van der Waals surface area contributed by atoms with E-state index in [1.807, 2.05) is 6.08 Å². The van der Waals surface area contributed by atoms with E-state index in [4.69, 9.17) is 9.47 Å². The van der Waals surface area contributed by atoms with Gasteiger partial charge in [0.2, 0.25) is 0 Å². The quantitative estimate of drug-likeness (QED) is 0.511. The molecule has 6 heteroatoms. The van der Waals surface area contributed by atoms with Crippen molar-refractivity contribution in [3.8, 4) is 0 Å². The Kier molecular flexibility index (Phi) is 6.91. The molecule has 5 rings (SSSR count). The van der Waals surface area contributed by atoms with Gasteiger partial charge in [-0.2, -0.15) is 0 Å². The van der Waals surface area contributed by atoms with Gasteiger partial charge in [-0.1, -0.05) is 65.5 Å². The van der Waals surface area contributed by atoms with Gasteiger partial charge in [-0.25, -0.2) is 0 Å². The van der Waals surface area contributed by atoms with Crippen LogP contribution < -0.4 is 0 Å². The number of allylic oxidation sites excluding steroid dienone is 4. The fourth-order valence-corrected chi connectivity index (χ4v) is 9.56. The normalized spacial score (nSPS) is 47.9. The first-order valence-corrected chi connectivity index (χ1v) is 14.7. The molecule has 2 N–H and O–H groups in total. The van der Waals surface area contributed by atoms with Crippen LogP contribution in [0, 0.1) is 40.4 Å². The minimum Gasteiger partial charge on any atom is -0.393 e. The molecule has 0 radical (unpaired) electrons. The lowest BCUT2D eigenvalue weighted by atomic mass is 9.46. The van der Waals surface area contributed by atoms with Gasteiger partial charge in [-0.15, -0.1) is 0 Å². The first kappa shape index (κ1) is 27.2. The average molecular weight is 515 g/mol. The van der Waals surface area contributed by atoms with Crippen LogP contribution in [-0.2, 0) is 19.1 Å². The van der Waals surface area contributed by atoms with E-state index < -0.39 is 23.1 Å². The molecule has 4 aliphatic carbocycles. The molecular weight excluding hydrogens is 468 g/mol. The van der Waals surface area contributed by atoms with Gasteiger partial charge in [0.15, 0.2) is 11.6 Å². The third-order valence-corrected chi connectivity index (χ3v) is 11.2. The van der Waals surface area contributed by atoms with Crippen molar-refractivity contribution >= 4 is 11.6 Å². The van der Waals surface area contributed by atoms with Crippen molar-refractivity contribution in [2.75, 3.05) is 6.61 Å². The number of hydrogen-bond acceptors (Lipinski definition) is 6. The van der Waals surface area contributed by atoms with Crippen LogP contribution >= 0.6 is 0 Å². The Bertz CT molecular complexity index is 1000. The van der Waals surface area contributed by atoms with Crippen LogP contribution in [0.5, 0.6) is 0 Å². The molecule has 0 aromatic heterocycles. The van der Waals surface area contributed by atoms with Gasteiger partial charge >= 0.3 is 0 Å². The number of hydrogen-bond donors (Lipinski definition) is 2. The standard InChI is InChI=1S/C31H46O6/c1-6-8-10-20(9-7-2)31(35)36-18-26(34)30(37-31)19(3)15-24-23-12-11-21-16-22(32)13-14-28(21,4)27(23)25(33)17-29(24,30)5/h13-14,16,19-20,23-25,27,33,35H,6-12,15,17-18H2,1-5H3/t19-,20?,23+,24+,25+,27-,28+,29+,30+,31?/m1/s1. The molecule has 0 amide bonds. The number of carbonyl (C=O) groups is 2. The topological polar surface area (TPSA) is 93.1 Å². The maximum atomic E-state index is 13.9. The second-order valence-corrected chi connectivity index (χ2v) is 13.2. The van der Waals surface area contributed by atoms with Gasteiger partial charge in [0, 0.05) is 22.7 Å². The third-order valence-electron chi connectivity index (χ3n) is 11.2. The molecule has 6 nitrogen and oxygen atoms in total. The first-order chi connectivity index (χ1) is 17.5. The minimum atomic E-state index is -1.80. The fourth-order valence-electron chi connectivity index (χ4n) is 9.56. The predicted octanol–water partition coefficient (Wildman–Crippen LogP) is 5.12. The molecule has 3 saturated carbocycles. The highest BCUT2D eigenvalue weighted by atomic mass is 16.8. The zero-order valence-electron chi connectivity index (χ0n) is 23.3. The van der Waals surface area contributed by atoms with Crippen LogP contribution in [0.25, 0.3) is 0 Å². The van der Waals surface area contributed by atoms with Crippen molar-refractivity contribution < 1.29 is 29.3 Å². The van der Waals surface area contributed by atoms with Crippen LogP contribution in [0.15, 0.2) is 23.8 Å². The summed E-state index contributed by atoms with van der Waals surface area (Å²) in [6, 6.07) is 0. The monoisotopic (exact) mass is 514 g/mol. The van der Waals surface area contributed by atoms with Gasteiger partial charge in [0.25, 0.3) is 5.97 Å². The van der Waals surface area contributed by atoms with Crippen LogP contribution in [0.3, 0.4) is 0 Å². The molecule has 0 aromatic carbocycles. The van der Waals surface area contributed by atoms with Crippen molar-refractivity contribution in [3.05, 3.63) is 23.8 Å². The molecule has 206 valence electrons. The number of rotatable bonds is 6. The lowest BCUT2D eigenvalue weighted by Crippen LogP contribution is -2.69. The zero-order valence-corrected chi connectivity index (χ0v) is 23.3. The second-order valence-electron chi connectivity index (χ2n) is 13.2. The lowest BCUT2D eigenvalue weighted by Gasteiger charge is -2.61. The van der Waals surface area contributed by atoms with Gasteiger partial charge in [-0.3, -0.25) is 9.59 Å². The van der Waals surface area contributed by atoms with Gasteiger partial charge in [-0.05, 0) is 68.4 Å². The maximum absolute atomic E-state index is 13.9. The molecule has 37 heavy (non-hydrogen) atoms. The number of fused-ring (bicyclic) bond motifs is 6. The van der Waals surface area contributed by atoms with E-state index in [9.17, 15) is 19.8 Å². The van der Waals surface area contributed by atoms with E-state index in [0.29, 0.717) is 6.42 Å². The summed E-state index contributed by atoms with van der Waals surface area (Å²) in [4.78, 5) is 26.0. The number of ketones is 2. The average Bonchev–Trinajstić information content (AvgIpc) is 3.06. The number of carbonyl (C=O) groups excluding carboxylic acids is 2. The van der Waals surface area contributed by atoms with Gasteiger partial charge in [0.1, 0.15) is 12.2 Å². The number of aliphatic hydroxyl groups excluding tert-OH is 1. The van der Waals surface area contributed by atoms with Crippen LogP contribution in [0.4, 0.5) is 0 Å². The van der Waals surface area contributed by atoms with E-state index >= 15 is 0 Å². The number of Topliss-reactive ketones (excluding diaryl/α,β-unsaturated/α-hetero) is 1. The molecule has 2 unspecified atom stereocenters. The summed E-state index contributed by atoms with van der Waals surface area (Å²) in [5, 5.41) is 23.7. The highest BCUT2D eigenvalue weighted by Crippen LogP contribution is 2.70. The fraction of sp³-hybridized carbons (Fsp3) is 0.806. The maximum Gasteiger partial charge on any atom is 0.284 e. The highest BCUT2D eigenvalue weighted by molar-refractivity contribution is 6.01. The Labute approximate surface area is 221 Å². The molecule has 1 spiro atoms. The van der Waals surface area contributed by atoms with E-state index in [0.717, 1.165) is 56.9 Å². The smallest absolute Gasteiger partial charge is 0.284 e. The second kappa shape index (κ2) is 9.39.